The lowest BCUT2D eigenvalue weighted by Crippen LogP contribution is -2.66. The van der Waals surface area contributed by atoms with Crippen LogP contribution in [0.15, 0.2) is 24.3 Å². The summed E-state index contributed by atoms with van der Waals surface area (Å²) >= 11 is 0. The fourth-order valence-electron chi connectivity index (χ4n) is 13.1. The molecule has 3 rings (SSSR count). The van der Waals surface area contributed by atoms with Crippen LogP contribution in [0, 0.1) is 0 Å². The molecule has 0 bridgehead atoms. The van der Waals surface area contributed by atoms with E-state index in [9.17, 15) is 61.0 Å². The molecule has 1 amide bonds. The molecule has 0 aromatic rings. The van der Waals surface area contributed by atoms with Gasteiger partial charge in [-0.3, -0.25) is 4.79 Å². The Hall–Kier alpha value is -1.73. The molecule has 0 aromatic carbocycles. The summed E-state index contributed by atoms with van der Waals surface area (Å²) in [6, 6.07) is -0.987. The molecule has 3 heterocycles. The highest BCUT2D eigenvalue weighted by Gasteiger charge is 2.53. The highest BCUT2D eigenvalue weighted by Crippen LogP contribution is 2.33. The smallest absolute Gasteiger partial charge is 0.220 e. The van der Waals surface area contributed by atoms with Crippen molar-refractivity contribution in [2.24, 2.45) is 0 Å². The maximum absolute atomic E-state index is 13.4. The Bertz CT molecular complexity index is 1780. The normalized spacial score (nSPS) is 27.6. The van der Waals surface area contributed by atoms with Crippen molar-refractivity contribution in [1.29, 1.82) is 0 Å². The first kappa shape index (κ1) is 85.5. The van der Waals surface area contributed by atoms with Crippen LogP contribution < -0.4 is 5.32 Å². The minimum absolute atomic E-state index is 0.241. The first-order chi connectivity index (χ1) is 45.3. The third-order valence-corrected chi connectivity index (χ3v) is 19.3. The molecule has 17 unspecified atom stereocenters. The summed E-state index contributed by atoms with van der Waals surface area (Å²) in [5.74, 6) is -0.278. The van der Waals surface area contributed by atoms with Gasteiger partial charge in [-0.05, 0) is 32.1 Å². The number of aliphatic hydroxyl groups is 11. The summed E-state index contributed by atoms with van der Waals surface area (Å²) in [5.41, 5.74) is 0. The van der Waals surface area contributed by atoms with Crippen LogP contribution in [0.5, 0.6) is 0 Å². The van der Waals surface area contributed by atoms with E-state index in [2.05, 4.69) is 31.3 Å². The fraction of sp³-hybridized carbons (Fsp3) is 0.932. The number of allylic oxidation sites excluding steroid dienone is 3. The Kier molecular flexibility index (Phi) is 51.5. The monoisotopic (exact) mass is 1330 g/mol. The van der Waals surface area contributed by atoms with E-state index >= 15 is 0 Å². The zero-order valence-corrected chi connectivity index (χ0v) is 58.3. The minimum Gasteiger partial charge on any atom is -0.394 e. The lowest BCUT2D eigenvalue weighted by Gasteiger charge is -2.48. The summed E-state index contributed by atoms with van der Waals surface area (Å²) in [5, 5.41) is 121. The summed E-state index contributed by atoms with van der Waals surface area (Å²) < 4.78 is 34.4. The molecule has 0 aromatic heterocycles. The Morgan fingerprint density at radius 2 is 0.688 bits per heavy atom. The van der Waals surface area contributed by atoms with Crippen molar-refractivity contribution in [1.82, 2.24) is 5.32 Å². The van der Waals surface area contributed by atoms with Gasteiger partial charge in [0.05, 0.1) is 38.6 Å². The van der Waals surface area contributed by atoms with Crippen LogP contribution in [0.2, 0.25) is 0 Å². The second-order valence-corrected chi connectivity index (χ2v) is 27.5. The van der Waals surface area contributed by atoms with Crippen LogP contribution in [0.1, 0.15) is 309 Å². The number of rotatable bonds is 60. The van der Waals surface area contributed by atoms with Crippen LogP contribution in [0.3, 0.4) is 0 Å². The van der Waals surface area contributed by atoms with Gasteiger partial charge >= 0.3 is 0 Å². The molecule has 17 atom stereocenters. The van der Waals surface area contributed by atoms with Crippen LogP contribution in [0.4, 0.5) is 0 Å². The summed E-state index contributed by atoms with van der Waals surface area (Å²) in [6.07, 6.45) is 38.8. The second kappa shape index (κ2) is 56.1. The second-order valence-electron chi connectivity index (χ2n) is 27.5. The third-order valence-electron chi connectivity index (χ3n) is 19.3. The predicted molar refractivity (Wildman–Crippen MR) is 365 cm³/mol. The van der Waals surface area contributed by atoms with Gasteiger partial charge in [-0.25, -0.2) is 0 Å². The first-order valence-corrected chi connectivity index (χ1v) is 38.1. The molecular weight excluding hydrogens is 1190 g/mol. The van der Waals surface area contributed by atoms with Crippen LogP contribution in [0.25, 0.3) is 0 Å². The van der Waals surface area contributed by atoms with E-state index < -0.39 is 124 Å². The zero-order valence-electron chi connectivity index (χ0n) is 58.3. The molecule has 0 aliphatic carbocycles. The minimum atomic E-state index is -1.98. The molecular formula is C74H139NO18. The van der Waals surface area contributed by atoms with Gasteiger partial charge in [0.25, 0.3) is 0 Å². The van der Waals surface area contributed by atoms with Crippen molar-refractivity contribution in [2.45, 2.75) is 413 Å². The third kappa shape index (κ3) is 37.3. The SMILES string of the molecule is CCCCCCCCCCCCCCCCCCCC/C=C/CC/C=C/C(O)C(COC1OC(CO)C(OC2OC(CO)C(OC3OC(CO)C(O)C(O)C3O)C(O)C2O)C(O)C1O)NC(=O)CCCCCCCCCCCCCCCCCCCCCCCCCC. The quantitative estimate of drug-likeness (QED) is 0.0199. The number of carbonyl (C=O) groups excluding carboxylic acids is 1. The lowest BCUT2D eigenvalue weighted by molar-refractivity contribution is -0.379. The van der Waals surface area contributed by atoms with E-state index in [0.29, 0.717) is 12.8 Å². The molecule has 0 saturated carbocycles. The molecule has 3 fully saturated rings. The van der Waals surface area contributed by atoms with E-state index in [-0.39, 0.29) is 18.9 Å². The number of amides is 1. The first-order valence-electron chi connectivity index (χ1n) is 38.1. The van der Waals surface area contributed by atoms with Gasteiger partial charge in [0.2, 0.25) is 5.91 Å². The van der Waals surface area contributed by atoms with Crippen LogP contribution >= 0.6 is 0 Å². The Balaban J connectivity index is 1.42. The van der Waals surface area contributed by atoms with Crippen LogP contribution in [-0.2, 0) is 33.2 Å². The highest BCUT2D eigenvalue weighted by molar-refractivity contribution is 5.76. The molecule has 19 heteroatoms. The Labute approximate surface area is 562 Å². The Morgan fingerprint density at radius 1 is 0.376 bits per heavy atom. The molecule has 93 heavy (non-hydrogen) atoms. The van der Waals surface area contributed by atoms with E-state index in [1.165, 1.54) is 238 Å². The molecule has 3 aliphatic heterocycles. The number of carbonyl (C=O) groups is 1. The van der Waals surface area contributed by atoms with E-state index in [1.54, 1.807) is 6.08 Å². The van der Waals surface area contributed by atoms with Gasteiger partial charge in [0.15, 0.2) is 18.9 Å². The van der Waals surface area contributed by atoms with Gasteiger partial charge in [-0.2, -0.15) is 0 Å². The largest absolute Gasteiger partial charge is 0.394 e. The maximum Gasteiger partial charge on any atom is 0.220 e. The number of aliphatic hydroxyl groups excluding tert-OH is 11. The summed E-state index contributed by atoms with van der Waals surface area (Å²) in [6.45, 7) is 1.77. The predicted octanol–water partition coefficient (Wildman–Crippen LogP) is 11.4. The van der Waals surface area contributed by atoms with E-state index in [1.807, 2.05) is 6.08 Å². The number of nitrogens with one attached hydrogen (secondary N) is 1. The summed E-state index contributed by atoms with van der Waals surface area (Å²) in [4.78, 5) is 13.4. The Morgan fingerprint density at radius 3 is 1.08 bits per heavy atom. The summed E-state index contributed by atoms with van der Waals surface area (Å²) in [7, 11) is 0. The van der Waals surface area contributed by atoms with Crippen molar-refractivity contribution >= 4 is 5.91 Å². The molecule has 3 saturated heterocycles. The van der Waals surface area contributed by atoms with Crippen LogP contribution in [-0.4, -0.2) is 193 Å². The number of ether oxygens (including phenoxy) is 6. The molecule has 0 spiro atoms. The van der Waals surface area contributed by atoms with E-state index in [0.717, 1.165) is 38.5 Å². The average Bonchev–Trinajstić information content (AvgIpc) is 0.996. The molecule has 19 nitrogen and oxygen atoms in total. The molecule has 0 radical (unpaired) electrons. The zero-order chi connectivity index (χ0) is 67.5. The van der Waals surface area contributed by atoms with Crippen molar-refractivity contribution in [3.05, 3.63) is 24.3 Å². The van der Waals surface area contributed by atoms with Gasteiger partial charge < -0.3 is 89.9 Å². The average molecular weight is 1330 g/mol. The van der Waals surface area contributed by atoms with Gasteiger partial charge in [0, 0.05) is 6.42 Å². The van der Waals surface area contributed by atoms with Crippen molar-refractivity contribution in [3.63, 3.8) is 0 Å². The number of hydrogen-bond donors (Lipinski definition) is 12. The number of unbranched alkanes of at least 4 members (excludes halogenated alkanes) is 42. The van der Waals surface area contributed by atoms with Crippen molar-refractivity contribution in [3.8, 4) is 0 Å². The molecule has 548 valence electrons. The van der Waals surface area contributed by atoms with Crippen molar-refractivity contribution in [2.75, 3.05) is 26.4 Å². The molecule has 3 aliphatic rings. The molecule has 12 N–H and O–H groups in total. The maximum atomic E-state index is 13.4. The van der Waals surface area contributed by atoms with E-state index in [4.69, 9.17) is 28.4 Å². The number of hydrogen-bond acceptors (Lipinski definition) is 18. The highest BCUT2D eigenvalue weighted by atomic mass is 16.8. The fourth-order valence-corrected chi connectivity index (χ4v) is 13.1. The van der Waals surface area contributed by atoms with Gasteiger partial charge in [-0.1, -0.05) is 295 Å². The van der Waals surface area contributed by atoms with Gasteiger partial charge in [-0.15, -0.1) is 0 Å². The standard InChI is InChI=1S/C74H139NO18/c1-3-5-7-9-11-13-15-17-19-21-23-25-27-29-31-33-35-37-39-41-43-45-47-49-51-58(79)57(75-62(80)52-50-48-46-44-42-40-38-36-34-32-30-28-26-24-22-20-18-16-14-12-10-8-6-4-2)56-88-72-68(86)65(83)70(60(54-77)90-72)93-74-69(87)66(84)71(61(55-78)91-74)92-73-67(85)64(82)63(81)59(53-76)89-73/h41,43,49,51,57-61,63-74,76-79,81-87H,3-40,42,44-48,50,52-56H2,1-2H3,(H,75,80)/b43-41+,51-49+. The van der Waals surface area contributed by atoms with Gasteiger partial charge in [0.1, 0.15) is 73.2 Å². The van der Waals surface area contributed by atoms with Crippen molar-refractivity contribution < 1.29 is 89.4 Å². The topological polar surface area (TPSA) is 307 Å². The lowest BCUT2D eigenvalue weighted by atomic mass is 9.96.